The number of hydrogen-bond acceptors (Lipinski definition) is 10. The molecule has 5 N–H and O–H groups in total. The number of aromatic hydroxyl groups is 5. The first-order valence-corrected chi connectivity index (χ1v) is 8.39. The molecular formula is C20H10O10. The van der Waals surface area contributed by atoms with Crippen LogP contribution in [0, 0.1) is 0 Å². The van der Waals surface area contributed by atoms with E-state index in [9.17, 15) is 35.1 Å². The first-order chi connectivity index (χ1) is 14.2. The highest BCUT2D eigenvalue weighted by Gasteiger charge is 2.24. The van der Waals surface area contributed by atoms with Crippen LogP contribution >= 0.6 is 0 Å². The van der Waals surface area contributed by atoms with Crippen LogP contribution in [-0.2, 0) is 0 Å². The Morgan fingerprint density at radius 1 is 0.633 bits per heavy atom. The third-order valence-corrected chi connectivity index (χ3v) is 4.64. The lowest BCUT2D eigenvalue weighted by molar-refractivity contribution is 0.440. The highest BCUT2D eigenvalue weighted by atomic mass is 16.4. The second kappa shape index (κ2) is 5.70. The van der Waals surface area contributed by atoms with Gasteiger partial charge in [-0.2, -0.15) is 0 Å². The summed E-state index contributed by atoms with van der Waals surface area (Å²) in [4.78, 5) is 24.8. The predicted molar refractivity (Wildman–Crippen MR) is 102 cm³/mol. The zero-order valence-electron chi connectivity index (χ0n) is 14.7. The quantitative estimate of drug-likeness (QED) is 0.258. The Kier molecular flexibility index (Phi) is 3.33. The second-order valence-corrected chi connectivity index (χ2v) is 6.53. The van der Waals surface area contributed by atoms with Crippen LogP contribution in [-0.4, -0.2) is 25.5 Å². The maximum absolute atomic E-state index is 12.5. The Hall–Kier alpha value is -4.60. The molecule has 0 saturated heterocycles. The second-order valence-electron chi connectivity index (χ2n) is 6.53. The molecule has 0 spiro atoms. The fourth-order valence-electron chi connectivity index (χ4n) is 3.40. The van der Waals surface area contributed by atoms with E-state index in [0.29, 0.717) is 0 Å². The number of fused-ring (bicyclic) bond motifs is 4. The summed E-state index contributed by atoms with van der Waals surface area (Å²) >= 11 is 0. The summed E-state index contributed by atoms with van der Waals surface area (Å²) in [6.07, 6.45) is 0. The number of phenols is 4. The van der Waals surface area contributed by atoms with E-state index in [1.54, 1.807) is 0 Å². The molecule has 3 aromatic heterocycles. The number of phenolic OH excluding ortho intramolecular Hbond substituents is 4. The van der Waals surface area contributed by atoms with E-state index in [0.717, 1.165) is 30.3 Å². The highest BCUT2D eigenvalue weighted by molar-refractivity contribution is 6.06. The SMILES string of the molecule is O=c1oc2cc(O)cc(O)c2c(O)c1-c1cc2c(=O)oc3cc(O)cc(O)c3c2o1. The van der Waals surface area contributed by atoms with Gasteiger partial charge in [-0.1, -0.05) is 0 Å². The zero-order valence-corrected chi connectivity index (χ0v) is 14.7. The van der Waals surface area contributed by atoms with Crippen LogP contribution < -0.4 is 11.3 Å². The molecule has 0 saturated carbocycles. The molecule has 0 aliphatic heterocycles. The molecule has 0 unspecified atom stereocenters. The van der Waals surface area contributed by atoms with Crippen LogP contribution in [0.15, 0.2) is 53.2 Å². The summed E-state index contributed by atoms with van der Waals surface area (Å²) in [5, 5.41) is 49.5. The fourth-order valence-corrected chi connectivity index (χ4v) is 3.40. The fraction of sp³-hybridized carbons (Fsp3) is 0. The van der Waals surface area contributed by atoms with Gasteiger partial charge in [0.2, 0.25) is 0 Å². The molecule has 0 fully saturated rings. The van der Waals surface area contributed by atoms with Gasteiger partial charge in [0.25, 0.3) is 0 Å². The van der Waals surface area contributed by atoms with Gasteiger partial charge >= 0.3 is 11.3 Å². The monoisotopic (exact) mass is 410 g/mol. The summed E-state index contributed by atoms with van der Waals surface area (Å²) in [5.74, 6) is -2.72. The molecule has 10 heteroatoms. The van der Waals surface area contributed by atoms with Gasteiger partial charge in [-0.3, -0.25) is 0 Å². The Balaban J connectivity index is 1.90. The van der Waals surface area contributed by atoms with E-state index >= 15 is 0 Å². The van der Waals surface area contributed by atoms with E-state index in [1.165, 1.54) is 0 Å². The van der Waals surface area contributed by atoms with Crippen molar-refractivity contribution in [2.75, 3.05) is 0 Å². The molecule has 150 valence electrons. The molecule has 10 nitrogen and oxygen atoms in total. The molecule has 0 atom stereocenters. The molecule has 30 heavy (non-hydrogen) atoms. The van der Waals surface area contributed by atoms with Crippen molar-refractivity contribution in [1.82, 2.24) is 0 Å². The van der Waals surface area contributed by atoms with Crippen molar-refractivity contribution in [3.05, 3.63) is 51.2 Å². The van der Waals surface area contributed by atoms with Crippen LogP contribution in [0.2, 0.25) is 0 Å². The zero-order chi connectivity index (χ0) is 21.3. The Labute approximate surface area is 163 Å². The van der Waals surface area contributed by atoms with Crippen LogP contribution in [0.5, 0.6) is 28.7 Å². The molecule has 0 aliphatic carbocycles. The molecule has 5 rings (SSSR count). The summed E-state index contributed by atoms with van der Waals surface area (Å²) in [6.45, 7) is 0. The normalized spacial score (nSPS) is 11.6. The van der Waals surface area contributed by atoms with Gasteiger partial charge in [0, 0.05) is 30.3 Å². The van der Waals surface area contributed by atoms with E-state index in [-0.39, 0.29) is 50.2 Å². The van der Waals surface area contributed by atoms with Gasteiger partial charge in [0.05, 0.1) is 0 Å². The predicted octanol–water partition coefficient (Wildman–Crippen LogP) is 2.84. The maximum Gasteiger partial charge on any atom is 0.351 e. The Morgan fingerprint density at radius 2 is 1.20 bits per heavy atom. The van der Waals surface area contributed by atoms with E-state index < -0.39 is 34.1 Å². The largest absolute Gasteiger partial charge is 0.508 e. The summed E-state index contributed by atoms with van der Waals surface area (Å²) < 4.78 is 15.7. The summed E-state index contributed by atoms with van der Waals surface area (Å²) in [5.41, 5.74) is -3.02. The lowest BCUT2D eigenvalue weighted by Crippen LogP contribution is -2.03. The van der Waals surface area contributed by atoms with Gasteiger partial charge in [0.1, 0.15) is 67.4 Å². The van der Waals surface area contributed by atoms with Crippen LogP contribution in [0.25, 0.3) is 44.2 Å². The summed E-state index contributed by atoms with van der Waals surface area (Å²) in [7, 11) is 0. The van der Waals surface area contributed by atoms with Crippen LogP contribution in [0.3, 0.4) is 0 Å². The van der Waals surface area contributed by atoms with Crippen molar-refractivity contribution < 1.29 is 38.8 Å². The minimum absolute atomic E-state index is 0.0360. The van der Waals surface area contributed by atoms with Gasteiger partial charge < -0.3 is 38.8 Å². The summed E-state index contributed by atoms with van der Waals surface area (Å²) in [6, 6.07) is 5.20. The topological polar surface area (TPSA) is 175 Å². The highest BCUT2D eigenvalue weighted by Crippen LogP contribution is 2.42. The molecular weight excluding hydrogens is 400 g/mol. The molecule has 0 aliphatic rings. The first kappa shape index (κ1) is 17.5. The average molecular weight is 410 g/mol. The smallest absolute Gasteiger partial charge is 0.351 e. The van der Waals surface area contributed by atoms with Crippen molar-refractivity contribution in [1.29, 1.82) is 0 Å². The van der Waals surface area contributed by atoms with Crippen LogP contribution in [0.1, 0.15) is 0 Å². The van der Waals surface area contributed by atoms with Crippen LogP contribution in [0.4, 0.5) is 0 Å². The molecule has 0 bridgehead atoms. The van der Waals surface area contributed by atoms with Crippen molar-refractivity contribution >= 4 is 32.9 Å². The maximum atomic E-state index is 12.5. The Morgan fingerprint density at radius 3 is 1.87 bits per heavy atom. The van der Waals surface area contributed by atoms with Gasteiger partial charge in [-0.25, -0.2) is 9.59 Å². The molecule has 2 aromatic carbocycles. The van der Waals surface area contributed by atoms with E-state index in [1.807, 2.05) is 0 Å². The number of benzene rings is 2. The third kappa shape index (κ3) is 2.30. The molecule has 3 heterocycles. The lowest BCUT2D eigenvalue weighted by atomic mass is 10.1. The van der Waals surface area contributed by atoms with Gasteiger partial charge in [-0.05, 0) is 0 Å². The third-order valence-electron chi connectivity index (χ3n) is 4.64. The minimum Gasteiger partial charge on any atom is -0.508 e. The average Bonchev–Trinajstić information content (AvgIpc) is 3.05. The molecule has 0 radical (unpaired) electrons. The van der Waals surface area contributed by atoms with Gasteiger partial charge in [-0.15, -0.1) is 0 Å². The van der Waals surface area contributed by atoms with Gasteiger partial charge in [0.15, 0.2) is 5.58 Å². The van der Waals surface area contributed by atoms with Crippen molar-refractivity contribution in [3.8, 4) is 40.1 Å². The van der Waals surface area contributed by atoms with Crippen molar-refractivity contribution in [2.45, 2.75) is 0 Å². The molecule has 0 amide bonds. The standard InChI is InChI=1S/C20H10O10/c21-6-1-9(23)14-11(3-6)30-20(27)16(17(14)25)13-5-8-18(28-13)15-10(24)2-7(22)4-12(15)29-19(8)26/h1-5,21-25H. The Bertz CT molecular complexity index is 1630. The van der Waals surface area contributed by atoms with Crippen molar-refractivity contribution in [2.24, 2.45) is 0 Å². The minimum atomic E-state index is -1.07. The van der Waals surface area contributed by atoms with E-state index in [2.05, 4.69) is 0 Å². The first-order valence-electron chi connectivity index (χ1n) is 8.39. The lowest BCUT2D eigenvalue weighted by Gasteiger charge is -2.06. The van der Waals surface area contributed by atoms with E-state index in [4.69, 9.17) is 13.3 Å². The number of hydrogen-bond donors (Lipinski definition) is 5. The van der Waals surface area contributed by atoms with Crippen molar-refractivity contribution in [3.63, 3.8) is 0 Å². The molecule has 5 aromatic rings. The number of furan rings is 1. The number of rotatable bonds is 1.